The molecule has 0 spiro atoms. The van der Waals surface area contributed by atoms with Crippen molar-refractivity contribution in [2.24, 2.45) is 0 Å². The minimum absolute atomic E-state index is 0.107. The van der Waals surface area contributed by atoms with Gasteiger partial charge in [-0.15, -0.1) is 0 Å². The molecule has 21 heavy (non-hydrogen) atoms. The van der Waals surface area contributed by atoms with Gasteiger partial charge >= 0.3 is 6.18 Å². The monoisotopic (exact) mass is 317 g/mol. The van der Waals surface area contributed by atoms with Crippen LogP contribution >= 0.6 is 11.6 Å². The Bertz CT molecular complexity index is 641. The van der Waals surface area contributed by atoms with Gasteiger partial charge < -0.3 is 0 Å². The number of hydrogen-bond donors (Lipinski definition) is 0. The molecular formula is C14H11ClF3NO2. The van der Waals surface area contributed by atoms with Crippen LogP contribution in [-0.4, -0.2) is 16.7 Å². The summed E-state index contributed by atoms with van der Waals surface area (Å²) in [6.45, 7) is 2.97. The SMILES string of the molecule is CC1=C(C)C(=O)N(Cc2ccc(C(F)(F)F)c(Cl)c2)C1=O. The number of imide groups is 1. The molecule has 0 saturated heterocycles. The molecule has 112 valence electrons. The van der Waals surface area contributed by atoms with Crippen LogP contribution < -0.4 is 0 Å². The lowest BCUT2D eigenvalue weighted by molar-refractivity contribution is -0.139. The predicted molar refractivity (Wildman–Crippen MR) is 70.4 cm³/mol. The highest BCUT2D eigenvalue weighted by Crippen LogP contribution is 2.35. The second kappa shape index (κ2) is 5.18. The maximum absolute atomic E-state index is 12.6. The number of nitrogens with zero attached hydrogens (tertiary/aromatic N) is 1. The molecule has 1 heterocycles. The zero-order valence-electron chi connectivity index (χ0n) is 11.2. The molecule has 0 atom stereocenters. The Morgan fingerprint density at radius 3 is 2.05 bits per heavy atom. The van der Waals surface area contributed by atoms with Gasteiger partial charge in [-0.3, -0.25) is 14.5 Å². The minimum Gasteiger partial charge on any atom is -0.270 e. The van der Waals surface area contributed by atoms with E-state index in [1.165, 1.54) is 19.9 Å². The first-order chi connectivity index (χ1) is 9.62. The van der Waals surface area contributed by atoms with Crippen molar-refractivity contribution < 1.29 is 22.8 Å². The fraction of sp³-hybridized carbons (Fsp3) is 0.286. The Labute approximate surface area is 124 Å². The summed E-state index contributed by atoms with van der Waals surface area (Å²) in [5, 5.41) is -0.458. The van der Waals surface area contributed by atoms with Crippen LogP contribution in [0.15, 0.2) is 29.3 Å². The van der Waals surface area contributed by atoms with Gasteiger partial charge in [-0.1, -0.05) is 17.7 Å². The standard InChI is InChI=1S/C14H11ClF3NO2/c1-7-8(2)13(21)19(12(7)20)6-9-3-4-10(11(15)5-9)14(16,17)18/h3-5H,6H2,1-2H3. The van der Waals surface area contributed by atoms with Gasteiger partial charge in [0, 0.05) is 11.1 Å². The molecule has 0 fully saturated rings. The summed E-state index contributed by atoms with van der Waals surface area (Å²) in [4.78, 5) is 24.7. The molecule has 0 N–H and O–H groups in total. The van der Waals surface area contributed by atoms with E-state index in [9.17, 15) is 22.8 Å². The van der Waals surface area contributed by atoms with E-state index in [2.05, 4.69) is 0 Å². The van der Waals surface area contributed by atoms with Gasteiger partial charge in [0.25, 0.3) is 11.8 Å². The average molecular weight is 318 g/mol. The summed E-state index contributed by atoms with van der Waals surface area (Å²) in [5.41, 5.74) is 0.102. The van der Waals surface area contributed by atoms with Crippen molar-refractivity contribution in [1.29, 1.82) is 0 Å². The van der Waals surface area contributed by atoms with Crippen LogP contribution in [0.25, 0.3) is 0 Å². The van der Waals surface area contributed by atoms with E-state index in [1.54, 1.807) is 0 Å². The Morgan fingerprint density at radius 1 is 1.10 bits per heavy atom. The molecule has 0 radical (unpaired) electrons. The van der Waals surface area contributed by atoms with Crippen molar-refractivity contribution >= 4 is 23.4 Å². The Kier molecular flexibility index (Phi) is 3.84. The maximum Gasteiger partial charge on any atom is 0.417 e. The first kappa shape index (κ1) is 15.6. The number of rotatable bonds is 2. The van der Waals surface area contributed by atoms with Gasteiger partial charge in [0.05, 0.1) is 17.1 Å². The van der Waals surface area contributed by atoms with Gasteiger partial charge in [0.15, 0.2) is 0 Å². The second-order valence-corrected chi connectivity index (χ2v) is 5.17. The van der Waals surface area contributed by atoms with Crippen LogP contribution in [0.1, 0.15) is 25.0 Å². The van der Waals surface area contributed by atoms with Crippen molar-refractivity contribution in [3.63, 3.8) is 0 Å². The quantitative estimate of drug-likeness (QED) is 0.782. The summed E-state index contributed by atoms with van der Waals surface area (Å²) in [7, 11) is 0. The van der Waals surface area contributed by atoms with E-state index < -0.39 is 28.6 Å². The molecule has 2 rings (SSSR count). The van der Waals surface area contributed by atoms with Crippen molar-refractivity contribution in [2.45, 2.75) is 26.6 Å². The molecule has 1 aliphatic rings. The molecule has 0 saturated carbocycles. The lowest BCUT2D eigenvalue weighted by atomic mass is 10.1. The van der Waals surface area contributed by atoms with Crippen LogP contribution in [0.3, 0.4) is 0 Å². The lowest BCUT2D eigenvalue weighted by Crippen LogP contribution is -2.30. The number of alkyl halides is 3. The molecule has 0 bridgehead atoms. The Hall–Kier alpha value is -1.82. The molecule has 7 heteroatoms. The van der Waals surface area contributed by atoms with Gasteiger partial charge in [0.1, 0.15) is 0 Å². The van der Waals surface area contributed by atoms with E-state index in [0.29, 0.717) is 16.7 Å². The van der Waals surface area contributed by atoms with Crippen molar-refractivity contribution in [3.8, 4) is 0 Å². The minimum atomic E-state index is -4.54. The molecule has 0 unspecified atom stereocenters. The zero-order chi connectivity index (χ0) is 15.9. The largest absolute Gasteiger partial charge is 0.417 e. The van der Waals surface area contributed by atoms with Crippen molar-refractivity contribution in [2.75, 3.05) is 0 Å². The van der Waals surface area contributed by atoms with Crippen LogP contribution in [0.2, 0.25) is 5.02 Å². The Morgan fingerprint density at radius 2 is 1.62 bits per heavy atom. The second-order valence-electron chi connectivity index (χ2n) is 4.76. The first-order valence-electron chi connectivity index (χ1n) is 6.02. The zero-order valence-corrected chi connectivity index (χ0v) is 12.0. The number of carbonyl (C=O) groups is 2. The fourth-order valence-electron chi connectivity index (χ4n) is 2.03. The molecule has 3 nitrogen and oxygen atoms in total. The van der Waals surface area contributed by atoms with E-state index in [1.807, 2.05) is 0 Å². The summed E-state index contributed by atoms with van der Waals surface area (Å²) in [6, 6.07) is 3.17. The third-order valence-electron chi connectivity index (χ3n) is 3.37. The number of hydrogen-bond acceptors (Lipinski definition) is 2. The first-order valence-corrected chi connectivity index (χ1v) is 6.40. The fourth-order valence-corrected chi connectivity index (χ4v) is 2.34. The molecule has 1 aromatic carbocycles. The average Bonchev–Trinajstić information content (AvgIpc) is 2.55. The van der Waals surface area contributed by atoms with E-state index in [4.69, 9.17) is 11.6 Å². The van der Waals surface area contributed by atoms with Crippen LogP contribution in [0.4, 0.5) is 13.2 Å². The highest BCUT2D eigenvalue weighted by Gasteiger charge is 2.35. The summed E-state index contributed by atoms with van der Waals surface area (Å²) in [5.74, 6) is -0.873. The van der Waals surface area contributed by atoms with E-state index in [-0.39, 0.29) is 6.54 Å². The molecule has 0 aromatic heterocycles. The predicted octanol–water partition coefficient (Wildman–Crippen LogP) is 3.56. The Balaban J connectivity index is 2.25. The summed E-state index contributed by atoms with van der Waals surface area (Å²) in [6.07, 6.45) is -4.54. The molecule has 2 amide bonds. The highest BCUT2D eigenvalue weighted by molar-refractivity contribution is 6.31. The van der Waals surface area contributed by atoms with E-state index in [0.717, 1.165) is 17.0 Å². The molecule has 1 aliphatic heterocycles. The third-order valence-corrected chi connectivity index (χ3v) is 3.69. The van der Waals surface area contributed by atoms with Crippen LogP contribution in [0.5, 0.6) is 0 Å². The van der Waals surface area contributed by atoms with Gasteiger partial charge in [-0.25, -0.2) is 0 Å². The van der Waals surface area contributed by atoms with Gasteiger partial charge in [-0.05, 0) is 31.5 Å². The van der Waals surface area contributed by atoms with E-state index >= 15 is 0 Å². The highest BCUT2D eigenvalue weighted by atomic mass is 35.5. The van der Waals surface area contributed by atoms with Crippen LogP contribution in [-0.2, 0) is 22.3 Å². The number of benzene rings is 1. The number of carbonyl (C=O) groups excluding carboxylic acids is 2. The van der Waals surface area contributed by atoms with Crippen molar-refractivity contribution in [1.82, 2.24) is 4.90 Å². The summed E-state index contributed by atoms with van der Waals surface area (Å²) >= 11 is 5.61. The van der Waals surface area contributed by atoms with Crippen LogP contribution in [0, 0.1) is 0 Å². The third kappa shape index (κ3) is 2.81. The smallest absolute Gasteiger partial charge is 0.270 e. The van der Waals surface area contributed by atoms with Gasteiger partial charge in [0.2, 0.25) is 0 Å². The molecular weight excluding hydrogens is 307 g/mol. The van der Waals surface area contributed by atoms with Gasteiger partial charge in [-0.2, -0.15) is 13.2 Å². The number of halogens is 4. The summed E-state index contributed by atoms with van der Waals surface area (Å²) < 4.78 is 37.8. The lowest BCUT2D eigenvalue weighted by Gasteiger charge is -2.16. The molecule has 1 aromatic rings. The molecule has 0 aliphatic carbocycles. The normalized spacial score (nSPS) is 16.2. The maximum atomic E-state index is 12.6. The number of amides is 2. The van der Waals surface area contributed by atoms with Crippen molar-refractivity contribution in [3.05, 3.63) is 45.5 Å². The topological polar surface area (TPSA) is 37.4 Å².